The fourth-order valence-corrected chi connectivity index (χ4v) is 4.72. The van der Waals surface area contributed by atoms with Crippen LogP contribution in [-0.4, -0.2) is 25.4 Å². The van der Waals surface area contributed by atoms with Gasteiger partial charge >= 0.3 is 0 Å². The highest BCUT2D eigenvalue weighted by Gasteiger charge is 2.18. The maximum Gasteiger partial charge on any atom is 0.201 e. The Kier molecular flexibility index (Phi) is 7.15. The summed E-state index contributed by atoms with van der Waals surface area (Å²) in [5.41, 5.74) is 0.671. The predicted molar refractivity (Wildman–Crippen MR) is 104 cm³/mol. The summed E-state index contributed by atoms with van der Waals surface area (Å²) < 4.78 is 6.19. The Hall–Kier alpha value is -1.30. The van der Waals surface area contributed by atoms with Crippen molar-refractivity contribution in [1.82, 2.24) is 0 Å². The van der Waals surface area contributed by atoms with Crippen molar-refractivity contribution in [2.24, 2.45) is 0 Å². The molecule has 0 saturated heterocycles. The minimum Gasteiger partial charge on any atom is -0.497 e. The fraction of sp³-hybridized carbons (Fsp3) is 0.167. The summed E-state index contributed by atoms with van der Waals surface area (Å²) >= 11 is 4.72. The minimum absolute atomic E-state index is 0.0419. The number of hydrogen-bond acceptors (Lipinski definition) is 5. The Morgan fingerprint density at radius 2 is 1.52 bits per heavy atom. The van der Waals surface area contributed by atoms with E-state index >= 15 is 0 Å². The van der Waals surface area contributed by atoms with Gasteiger partial charge in [-0.1, -0.05) is 30.0 Å². The van der Waals surface area contributed by atoms with Crippen LogP contribution < -0.4 is 4.74 Å². The lowest BCUT2D eigenvalue weighted by molar-refractivity contribution is 0.104. The molecule has 2 nitrogen and oxygen atoms in total. The van der Waals surface area contributed by atoms with Crippen LogP contribution >= 0.6 is 35.3 Å². The molecule has 0 aliphatic rings. The number of allylic oxidation sites excluding steroid dienone is 1. The van der Waals surface area contributed by atoms with Gasteiger partial charge in [0.05, 0.1) is 16.3 Å². The summed E-state index contributed by atoms with van der Waals surface area (Å²) in [6.45, 7) is 0. The highest BCUT2D eigenvalue weighted by atomic mass is 32.2. The van der Waals surface area contributed by atoms with Crippen LogP contribution in [0.15, 0.2) is 68.6 Å². The fourth-order valence-electron chi connectivity index (χ4n) is 1.93. The van der Waals surface area contributed by atoms with Crippen molar-refractivity contribution in [2.75, 3.05) is 19.6 Å². The maximum atomic E-state index is 13.0. The lowest BCUT2D eigenvalue weighted by Gasteiger charge is -2.11. The molecular weight excluding hydrogens is 344 g/mol. The van der Waals surface area contributed by atoms with Crippen molar-refractivity contribution in [2.45, 2.75) is 4.90 Å². The van der Waals surface area contributed by atoms with Gasteiger partial charge in [0.15, 0.2) is 0 Å². The van der Waals surface area contributed by atoms with Gasteiger partial charge in [0, 0.05) is 10.5 Å². The van der Waals surface area contributed by atoms with E-state index in [0.717, 1.165) is 19.8 Å². The van der Waals surface area contributed by atoms with E-state index < -0.39 is 0 Å². The average Bonchev–Trinajstić information content (AvgIpc) is 2.62. The number of carbonyl (C=O) groups is 1. The Morgan fingerprint density at radius 1 is 0.913 bits per heavy atom. The normalized spacial score (nSPS) is 10.2. The van der Waals surface area contributed by atoms with Crippen molar-refractivity contribution < 1.29 is 9.53 Å². The van der Waals surface area contributed by atoms with Gasteiger partial charge in [-0.2, -0.15) is 0 Å². The zero-order valence-corrected chi connectivity index (χ0v) is 15.7. The molecule has 2 aromatic rings. The zero-order chi connectivity index (χ0) is 16.7. The van der Waals surface area contributed by atoms with Crippen LogP contribution in [0.1, 0.15) is 10.4 Å². The van der Waals surface area contributed by atoms with E-state index in [-0.39, 0.29) is 5.78 Å². The number of ketones is 1. The van der Waals surface area contributed by atoms with Crippen molar-refractivity contribution in [1.29, 1.82) is 0 Å². The number of methoxy groups -OCH3 is 1. The number of ether oxygens (including phenoxy) is 1. The van der Waals surface area contributed by atoms with Crippen molar-refractivity contribution in [3.63, 3.8) is 0 Å². The molecule has 0 bridgehead atoms. The number of rotatable bonds is 7. The summed E-state index contributed by atoms with van der Waals surface area (Å²) in [5.74, 6) is 0.790. The second-order valence-corrected chi connectivity index (χ2v) is 7.47. The molecule has 0 amide bonds. The van der Waals surface area contributed by atoms with Crippen LogP contribution in [0, 0.1) is 0 Å². The van der Waals surface area contributed by atoms with Gasteiger partial charge in [-0.25, -0.2) is 0 Å². The highest BCUT2D eigenvalue weighted by molar-refractivity contribution is 8.22. The second-order valence-electron chi connectivity index (χ2n) is 4.50. The molecule has 120 valence electrons. The first-order valence-electron chi connectivity index (χ1n) is 6.93. The quantitative estimate of drug-likeness (QED) is 0.365. The van der Waals surface area contributed by atoms with Gasteiger partial charge in [0.1, 0.15) is 5.75 Å². The topological polar surface area (TPSA) is 26.3 Å². The van der Waals surface area contributed by atoms with Crippen LogP contribution in [0.5, 0.6) is 5.75 Å². The smallest absolute Gasteiger partial charge is 0.201 e. The highest BCUT2D eigenvalue weighted by Crippen LogP contribution is 2.39. The SMILES string of the molecule is COc1ccc(C(=O)C(Sc2ccccc2)=C(SC)SC)cc1. The van der Waals surface area contributed by atoms with Crippen LogP contribution in [0.3, 0.4) is 0 Å². The number of hydrogen-bond donors (Lipinski definition) is 0. The first-order chi connectivity index (χ1) is 11.2. The van der Waals surface area contributed by atoms with E-state index in [0.29, 0.717) is 5.56 Å². The monoisotopic (exact) mass is 362 g/mol. The van der Waals surface area contributed by atoms with Crippen molar-refractivity contribution in [3.05, 3.63) is 69.3 Å². The van der Waals surface area contributed by atoms with Gasteiger partial charge < -0.3 is 4.74 Å². The molecule has 5 heteroatoms. The molecule has 23 heavy (non-hydrogen) atoms. The van der Waals surface area contributed by atoms with Gasteiger partial charge in [-0.3, -0.25) is 4.79 Å². The van der Waals surface area contributed by atoms with E-state index in [9.17, 15) is 4.79 Å². The molecule has 0 aliphatic heterocycles. The summed E-state index contributed by atoms with van der Waals surface area (Å²) in [6, 6.07) is 17.2. The molecule has 0 unspecified atom stereocenters. The average molecular weight is 363 g/mol. The van der Waals surface area contributed by atoms with Crippen molar-refractivity contribution >= 4 is 41.1 Å². The molecule has 0 fully saturated rings. The first kappa shape index (κ1) is 18.0. The third-order valence-corrected chi connectivity index (χ3v) is 6.59. The molecule has 2 aromatic carbocycles. The number of carbonyl (C=O) groups excluding carboxylic acids is 1. The summed E-state index contributed by atoms with van der Waals surface area (Å²) in [7, 11) is 1.62. The summed E-state index contributed by atoms with van der Waals surface area (Å²) in [5, 5.41) is 0. The lowest BCUT2D eigenvalue weighted by atomic mass is 10.1. The van der Waals surface area contributed by atoms with Crippen LogP contribution in [0.2, 0.25) is 0 Å². The molecule has 0 N–H and O–H groups in total. The van der Waals surface area contributed by atoms with E-state index in [4.69, 9.17) is 4.74 Å². The molecule has 0 saturated carbocycles. The first-order valence-corrected chi connectivity index (χ1v) is 10.2. The Morgan fingerprint density at radius 3 is 2.04 bits per heavy atom. The van der Waals surface area contributed by atoms with Gasteiger partial charge in [0.2, 0.25) is 5.78 Å². The van der Waals surface area contributed by atoms with Gasteiger partial charge in [-0.15, -0.1) is 23.5 Å². The molecule has 0 spiro atoms. The molecule has 0 heterocycles. The predicted octanol–water partition coefficient (Wildman–Crippen LogP) is 5.57. The molecular formula is C18H18O2S3. The zero-order valence-electron chi connectivity index (χ0n) is 13.2. The molecule has 0 radical (unpaired) electrons. The second kappa shape index (κ2) is 9.11. The molecule has 0 aliphatic carbocycles. The Bertz CT molecular complexity index is 673. The maximum absolute atomic E-state index is 13.0. The Labute approximate surface area is 150 Å². The van der Waals surface area contributed by atoms with E-state index in [2.05, 4.69) is 0 Å². The third kappa shape index (κ3) is 4.83. The van der Waals surface area contributed by atoms with E-state index in [1.165, 1.54) is 11.8 Å². The molecule has 0 atom stereocenters. The minimum atomic E-state index is 0.0419. The molecule has 0 aromatic heterocycles. The van der Waals surface area contributed by atoms with Crippen LogP contribution in [-0.2, 0) is 0 Å². The van der Waals surface area contributed by atoms with Crippen LogP contribution in [0.25, 0.3) is 0 Å². The number of Topliss-reactive ketones (excluding diaryl/α,β-unsaturated/α-hetero) is 1. The standard InChI is InChI=1S/C18H18O2S3/c1-20-14-11-9-13(10-12-14)16(19)17(18(21-2)22-3)23-15-7-5-4-6-8-15/h4-12H,1-3H3. The van der Waals surface area contributed by atoms with Gasteiger partial charge in [-0.05, 0) is 48.9 Å². The number of benzene rings is 2. The summed E-state index contributed by atoms with van der Waals surface area (Å²) in [6.07, 6.45) is 4.00. The largest absolute Gasteiger partial charge is 0.497 e. The van der Waals surface area contributed by atoms with Crippen molar-refractivity contribution in [3.8, 4) is 5.75 Å². The summed E-state index contributed by atoms with van der Waals surface area (Å²) in [4.78, 5) is 14.8. The van der Waals surface area contributed by atoms with E-state index in [1.807, 2.05) is 67.1 Å². The number of thioether (sulfide) groups is 3. The van der Waals surface area contributed by atoms with Crippen LogP contribution in [0.4, 0.5) is 0 Å². The molecule has 2 rings (SSSR count). The lowest BCUT2D eigenvalue weighted by Crippen LogP contribution is -2.02. The Balaban J connectivity index is 2.36. The third-order valence-electron chi connectivity index (χ3n) is 3.08. The van der Waals surface area contributed by atoms with E-state index in [1.54, 1.807) is 30.6 Å². The van der Waals surface area contributed by atoms with Gasteiger partial charge in [0.25, 0.3) is 0 Å².